The first kappa shape index (κ1) is 27.8. The Hall–Kier alpha value is -2.76. The lowest BCUT2D eigenvalue weighted by Crippen LogP contribution is -2.52. The summed E-state index contributed by atoms with van der Waals surface area (Å²) in [6.45, 7) is 6.43. The molecule has 3 rings (SSSR count). The largest absolute Gasteiger partial charge is 0.352 e. The third kappa shape index (κ3) is 8.72. The molecule has 6 heteroatoms. The number of nitrogens with zero attached hydrogens (tertiary/aromatic N) is 1. The van der Waals surface area contributed by atoms with E-state index >= 15 is 0 Å². The minimum Gasteiger partial charge on any atom is -0.352 e. The number of aryl methyl sites for hydroxylation is 1. The van der Waals surface area contributed by atoms with E-state index in [1.54, 1.807) is 16.7 Å². The molecule has 0 saturated carbocycles. The van der Waals surface area contributed by atoms with Crippen molar-refractivity contribution in [2.75, 3.05) is 5.75 Å². The van der Waals surface area contributed by atoms with Gasteiger partial charge in [-0.1, -0.05) is 90.8 Å². The fourth-order valence-corrected chi connectivity index (χ4v) is 4.91. The molecule has 0 aliphatic heterocycles. The van der Waals surface area contributed by atoms with Crippen LogP contribution in [0.2, 0.25) is 5.02 Å². The van der Waals surface area contributed by atoms with E-state index in [0.29, 0.717) is 23.7 Å². The van der Waals surface area contributed by atoms with Gasteiger partial charge in [0, 0.05) is 29.8 Å². The molecule has 0 radical (unpaired) electrons. The van der Waals surface area contributed by atoms with Crippen molar-refractivity contribution >= 4 is 35.2 Å². The number of rotatable bonds is 12. The second-order valence-corrected chi connectivity index (χ2v) is 10.6. The molecule has 0 bridgehead atoms. The molecule has 190 valence electrons. The molecule has 0 spiro atoms. The van der Waals surface area contributed by atoms with Crippen LogP contribution in [0, 0.1) is 6.92 Å². The van der Waals surface area contributed by atoms with E-state index in [0.717, 1.165) is 23.3 Å². The third-order valence-electron chi connectivity index (χ3n) is 6.12. The van der Waals surface area contributed by atoms with E-state index in [2.05, 4.69) is 30.4 Å². The Morgan fingerprint density at radius 2 is 1.64 bits per heavy atom. The van der Waals surface area contributed by atoms with Crippen LogP contribution in [0.1, 0.15) is 42.5 Å². The van der Waals surface area contributed by atoms with Crippen molar-refractivity contribution in [2.45, 2.75) is 58.0 Å². The van der Waals surface area contributed by atoms with Crippen molar-refractivity contribution in [2.24, 2.45) is 0 Å². The maximum Gasteiger partial charge on any atom is 0.243 e. The van der Waals surface area contributed by atoms with Gasteiger partial charge in [0.2, 0.25) is 11.8 Å². The molecule has 1 N–H and O–H groups in total. The van der Waals surface area contributed by atoms with Crippen LogP contribution in [0.3, 0.4) is 0 Å². The highest BCUT2D eigenvalue weighted by Crippen LogP contribution is 2.20. The number of thioether (sulfide) groups is 1. The summed E-state index contributed by atoms with van der Waals surface area (Å²) in [5.74, 6) is 0.857. The summed E-state index contributed by atoms with van der Waals surface area (Å²) in [6.07, 6.45) is 1.27. The maximum atomic E-state index is 13.7. The molecule has 0 saturated heterocycles. The zero-order valence-electron chi connectivity index (χ0n) is 21.2. The van der Waals surface area contributed by atoms with E-state index in [1.165, 1.54) is 11.1 Å². The van der Waals surface area contributed by atoms with E-state index in [9.17, 15) is 9.59 Å². The molecule has 2 atom stereocenters. The molecule has 36 heavy (non-hydrogen) atoms. The lowest BCUT2D eigenvalue weighted by Gasteiger charge is -2.32. The van der Waals surface area contributed by atoms with Crippen molar-refractivity contribution in [3.63, 3.8) is 0 Å². The fraction of sp³-hybridized carbons (Fsp3) is 0.333. The average Bonchev–Trinajstić information content (AvgIpc) is 2.87. The SMILES string of the molecule is CC[C@H](C)NC(=O)[C@H](Cc1ccccc1)N(Cc1ccc(Cl)cc1)C(=O)CSCc1cccc(C)c1. The predicted molar refractivity (Wildman–Crippen MR) is 151 cm³/mol. The number of halogens is 1. The Morgan fingerprint density at radius 1 is 0.944 bits per heavy atom. The molecule has 3 aromatic rings. The molecule has 2 amide bonds. The lowest BCUT2D eigenvalue weighted by molar-refractivity contribution is -0.139. The van der Waals surface area contributed by atoms with Crippen molar-refractivity contribution < 1.29 is 9.59 Å². The van der Waals surface area contributed by atoms with Gasteiger partial charge in [-0.25, -0.2) is 0 Å². The van der Waals surface area contributed by atoms with Gasteiger partial charge in [0.1, 0.15) is 6.04 Å². The van der Waals surface area contributed by atoms with Crippen molar-refractivity contribution in [1.82, 2.24) is 10.2 Å². The summed E-state index contributed by atoms with van der Waals surface area (Å²) >= 11 is 7.67. The Kier molecular flexibility index (Phi) is 10.9. The maximum absolute atomic E-state index is 13.7. The monoisotopic (exact) mass is 522 g/mol. The van der Waals surface area contributed by atoms with E-state index in [1.807, 2.05) is 74.5 Å². The van der Waals surface area contributed by atoms with E-state index < -0.39 is 6.04 Å². The predicted octanol–water partition coefficient (Wildman–Crippen LogP) is 6.44. The summed E-state index contributed by atoms with van der Waals surface area (Å²) in [6, 6.07) is 25.1. The minimum atomic E-state index is -0.621. The highest BCUT2D eigenvalue weighted by atomic mass is 35.5. The van der Waals surface area contributed by atoms with E-state index in [4.69, 9.17) is 11.6 Å². The number of amides is 2. The smallest absolute Gasteiger partial charge is 0.243 e. The molecular weight excluding hydrogens is 488 g/mol. The minimum absolute atomic E-state index is 0.0268. The molecule has 0 fully saturated rings. The quantitative estimate of drug-likeness (QED) is 0.298. The first-order chi connectivity index (χ1) is 17.4. The van der Waals surface area contributed by atoms with Gasteiger partial charge < -0.3 is 10.2 Å². The van der Waals surface area contributed by atoms with Crippen molar-refractivity contribution in [3.8, 4) is 0 Å². The highest BCUT2D eigenvalue weighted by Gasteiger charge is 2.30. The normalized spacial score (nSPS) is 12.6. The van der Waals surface area contributed by atoms with Crippen molar-refractivity contribution in [1.29, 1.82) is 0 Å². The van der Waals surface area contributed by atoms with Gasteiger partial charge >= 0.3 is 0 Å². The first-order valence-electron chi connectivity index (χ1n) is 12.4. The Labute approximate surface area is 224 Å². The fourth-order valence-electron chi connectivity index (χ4n) is 3.92. The summed E-state index contributed by atoms with van der Waals surface area (Å²) in [4.78, 5) is 28.9. The molecule has 0 heterocycles. The number of carbonyl (C=O) groups is 2. The third-order valence-corrected chi connectivity index (χ3v) is 7.36. The van der Waals surface area contributed by atoms with Gasteiger partial charge in [0.05, 0.1) is 5.75 Å². The molecule has 0 aromatic heterocycles. The van der Waals surface area contributed by atoms with Crippen LogP contribution in [-0.2, 0) is 28.3 Å². The standard InChI is InChI=1S/C30H35ClN2O2S/c1-4-23(3)32-30(35)28(18-24-10-6-5-7-11-24)33(19-25-13-15-27(31)16-14-25)29(34)21-36-20-26-12-8-9-22(2)17-26/h5-17,23,28H,4,18-21H2,1-3H3,(H,32,35)/t23-,28-/m0/s1. The van der Waals surface area contributed by atoms with Crippen LogP contribution in [0.25, 0.3) is 0 Å². The lowest BCUT2D eigenvalue weighted by atomic mass is 10.0. The van der Waals surface area contributed by atoms with Crippen molar-refractivity contribution in [3.05, 3.63) is 106 Å². The Balaban J connectivity index is 1.85. The molecule has 0 aliphatic rings. The zero-order valence-corrected chi connectivity index (χ0v) is 22.8. The van der Waals surface area contributed by atoms with Gasteiger partial charge in [-0.2, -0.15) is 0 Å². The second kappa shape index (κ2) is 14.1. The van der Waals surface area contributed by atoms with Gasteiger partial charge in [-0.3, -0.25) is 9.59 Å². The average molecular weight is 523 g/mol. The van der Waals surface area contributed by atoms with Gasteiger partial charge in [-0.05, 0) is 49.1 Å². The topological polar surface area (TPSA) is 49.4 Å². The summed E-state index contributed by atoms with van der Waals surface area (Å²) < 4.78 is 0. The number of benzene rings is 3. The molecule has 3 aromatic carbocycles. The molecule has 0 aliphatic carbocycles. The molecular formula is C30H35ClN2O2S. The molecule has 4 nitrogen and oxygen atoms in total. The van der Waals surface area contributed by atoms with Crippen LogP contribution >= 0.6 is 23.4 Å². The van der Waals surface area contributed by atoms with E-state index in [-0.39, 0.29) is 17.9 Å². The van der Waals surface area contributed by atoms with Crippen LogP contribution in [0.4, 0.5) is 0 Å². The van der Waals surface area contributed by atoms with Gasteiger partial charge in [-0.15, -0.1) is 11.8 Å². The van der Waals surface area contributed by atoms with Gasteiger partial charge in [0.15, 0.2) is 0 Å². The summed E-state index contributed by atoms with van der Waals surface area (Å²) in [5, 5.41) is 3.75. The van der Waals surface area contributed by atoms with Crippen LogP contribution in [0.15, 0.2) is 78.9 Å². The number of nitrogens with one attached hydrogen (secondary N) is 1. The summed E-state index contributed by atoms with van der Waals surface area (Å²) in [5.41, 5.74) is 4.34. The second-order valence-electron chi connectivity index (χ2n) is 9.15. The first-order valence-corrected chi connectivity index (χ1v) is 13.9. The van der Waals surface area contributed by atoms with Crippen LogP contribution < -0.4 is 5.32 Å². The summed E-state index contributed by atoms with van der Waals surface area (Å²) in [7, 11) is 0. The van der Waals surface area contributed by atoms with Crippen LogP contribution in [-0.4, -0.2) is 34.6 Å². The highest BCUT2D eigenvalue weighted by molar-refractivity contribution is 7.99. The number of carbonyl (C=O) groups excluding carboxylic acids is 2. The zero-order chi connectivity index (χ0) is 25.9. The Bertz CT molecular complexity index is 1120. The number of hydrogen-bond donors (Lipinski definition) is 1. The molecule has 0 unspecified atom stereocenters. The van der Waals surface area contributed by atoms with Crippen LogP contribution in [0.5, 0.6) is 0 Å². The number of hydrogen-bond acceptors (Lipinski definition) is 3. The Morgan fingerprint density at radius 3 is 2.31 bits per heavy atom. The van der Waals surface area contributed by atoms with Gasteiger partial charge in [0.25, 0.3) is 0 Å².